The van der Waals surface area contributed by atoms with Crippen molar-refractivity contribution in [2.24, 2.45) is 0 Å². The second-order valence-electron chi connectivity index (χ2n) is 5.32. The van der Waals surface area contributed by atoms with Gasteiger partial charge in [-0.05, 0) is 31.5 Å². The number of thiazole rings is 1. The summed E-state index contributed by atoms with van der Waals surface area (Å²) in [4.78, 5) is 15.8. The number of carbonyl (C=O) groups is 1. The molecule has 0 radical (unpaired) electrons. The van der Waals surface area contributed by atoms with Crippen molar-refractivity contribution in [3.05, 3.63) is 40.5 Å². The molecule has 116 valence electrons. The van der Waals surface area contributed by atoms with Crippen LogP contribution in [0.25, 0.3) is 21.5 Å². The summed E-state index contributed by atoms with van der Waals surface area (Å²) < 4.78 is 2.08. The minimum atomic E-state index is -0.959. The van der Waals surface area contributed by atoms with E-state index >= 15 is 0 Å². The van der Waals surface area contributed by atoms with Crippen molar-refractivity contribution in [3.63, 3.8) is 0 Å². The van der Waals surface area contributed by atoms with E-state index in [4.69, 9.17) is 5.11 Å². The lowest BCUT2D eigenvalue weighted by Crippen LogP contribution is -1.94. The molecule has 0 unspecified atom stereocenters. The first kappa shape index (κ1) is 15.3. The summed E-state index contributed by atoms with van der Waals surface area (Å²) in [7, 11) is 0. The van der Waals surface area contributed by atoms with E-state index in [0.717, 1.165) is 40.8 Å². The molecule has 0 aliphatic carbocycles. The second kappa shape index (κ2) is 5.86. The standard InChI is InChI=1S/C17H15N3O2S/c1-3-6-20-9-12(8-18)13-7-11(4-5-14(13)20)16-19-10(2)15(23-16)17(21)22/h4-5,7,9H,3,6H2,1-2H3,(H,21,22). The first-order valence-electron chi connectivity index (χ1n) is 7.29. The number of aromatic carboxylic acids is 1. The molecule has 2 aromatic heterocycles. The summed E-state index contributed by atoms with van der Waals surface area (Å²) in [5, 5.41) is 20.1. The van der Waals surface area contributed by atoms with Crippen LogP contribution in [0.5, 0.6) is 0 Å². The Morgan fingerprint density at radius 3 is 2.87 bits per heavy atom. The number of aryl methyl sites for hydroxylation is 2. The highest BCUT2D eigenvalue weighted by Gasteiger charge is 2.16. The van der Waals surface area contributed by atoms with Crippen molar-refractivity contribution < 1.29 is 9.90 Å². The minimum absolute atomic E-state index is 0.254. The van der Waals surface area contributed by atoms with Gasteiger partial charge >= 0.3 is 5.97 Å². The maximum Gasteiger partial charge on any atom is 0.347 e. The Balaban J connectivity index is 2.15. The summed E-state index contributed by atoms with van der Waals surface area (Å²) in [6.45, 7) is 4.65. The Morgan fingerprint density at radius 1 is 1.48 bits per heavy atom. The fourth-order valence-electron chi connectivity index (χ4n) is 2.66. The van der Waals surface area contributed by atoms with Crippen LogP contribution in [-0.4, -0.2) is 20.6 Å². The van der Waals surface area contributed by atoms with E-state index in [1.165, 1.54) is 0 Å². The lowest BCUT2D eigenvalue weighted by atomic mass is 10.1. The number of benzene rings is 1. The second-order valence-corrected chi connectivity index (χ2v) is 6.32. The van der Waals surface area contributed by atoms with E-state index in [0.29, 0.717) is 16.3 Å². The van der Waals surface area contributed by atoms with Crippen molar-refractivity contribution >= 4 is 28.2 Å². The van der Waals surface area contributed by atoms with Crippen LogP contribution in [0.4, 0.5) is 0 Å². The zero-order valence-corrected chi connectivity index (χ0v) is 13.6. The van der Waals surface area contributed by atoms with Gasteiger partial charge in [-0.1, -0.05) is 6.92 Å². The zero-order valence-electron chi connectivity index (χ0n) is 12.8. The van der Waals surface area contributed by atoms with Gasteiger partial charge in [0.25, 0.3) is 0 Å². The number of fused-ring (bicyclic) bond motifs is 1. The summed E-state index contributed by atoms with van der Waals surface area (Å²) >= 11 is 1.16. The first-order valence-corrected chi connectivity index (χ1v) is 8.11. The molecule has 3 rings (SSSR count). The molecule has 23 heavy (non-hydrogen) atoms. The highest BCUT2D eigenvalue weighted by atomic mass is 32.1. The van der Waals surface area contributed by atoms with Crippen molar-refractivity contribution in [1.82, 2.24) is 9.55 Å². The van der Waals surface area contributed by atoms with Gasteiger partial charge in [-0.15, -0.1) is 11.3 Å². The monoisotopic (exact) mass is 325 g/mol. The number of hydrogen-bond acceptors (Lipinski definition) is 4. The molecule has 2 heterocycles. The van der Waals surface area contributed by atoms with E-state index in [2.05, 4.69) is 22.5 Å². The van der Waals surface area contributed by atoms with Gasteiger partial charge in [0.2, 0.25) is 0 Å². The molecule has 5 nitrogen and oxygen atoms in total. The van der Waals surface area contributed by atoms with Crippen molar-refractivity contribution in [3.8, 4) is 16.6 Å². The van der Waals surface area contributed by atoms with Crippen LogP contribution in [0.1, 0.15) is 34.3 Å². The van der Waals surface area contributed by atoms with Crippen LogP contribution in [-0.2, 0) is 6.54 Å². The van der Waals surface area contributed by atoms with Gasteiger partial charge in [-0.2, -0.15) is 5.26 Å². The average molecular weight is 325 g/mol. The Morgan fingerprint density at radius 2 is 2.26 bits per heavy atom. The fraction of sp³-hybridized carbons (Fsp3) is 0.235. The predicted molar refractivity (Wildman–Crippen MR) is 89.7 cm³/mol. The molecule has 1 N–H and O–H groups in total. The van der Waals surface area contributed by atoms with E-state index in [-0.39, 0.29) is 4.88 Å². The maximum absolute atomic E-state index is 11.2. The first-order chi connectivity index (χ1) is 11.0. The van der Waals surface area contributed by atoms with E-state index in [9.17, 15) is 10.1 Å². The molecule has 0 amide bonds. The normalized spacial score (nSPS) is 10.8. The smallest absolute Gasteiger partial charge is 0.347 e. The van der Waals surface area contributed by atoms with Crippen LogP contribution in [0.15, 0.2) is 24.4 Å². The Kier molecular flexibility index (Phi) is 3.89. The van der Waals surface area contributed by atoms with Crippen LogP contribution < -0.4 is 0 Å². The third-order valence-electron chi connectivity index (χ3n) is 3.70. The van der Waals surface area contributed by atoms with Crippen LogP contribution in [0, 0.1) is 18.3 Å². The Labute approximate surface area is 137 Å². The molecular weight excluding hydrogens is 310 g/mol. The number of carboxylic acids is 1. The van der Waals surface area contributed by atoms with Gasteiger partial charge in [0.05, 0.1) is 11.3 Å². The Bertz CT molecular complexity index is 947. The largest absolute Gasteiger partial charge is 0.477 e. The van der Waals surface area contributed by atoms with Gasteiger partial charge < -0.3 is 9.67 Å². The summed E-state index contributed by atoms with van der Waals surface area (Å²) in [6, 6.07) is 8.05. The third-order valence-corrected chi connectivity index (χ3v) is 4.90. The molecule has 0 atom stereocenters. The van der Waals surface area contributed by atoms with Crippen molar-refractivity contribution in [1.29, 1.82) is 5.26 Å². The molecule has 0 fully saturated rings. The molecule has 0 aliphatic heterocycles. The zero-order chi connectivity index (χ0) is 16.6. The van der Waals surface area contributed by atoms with Gasteiger partial charge in [0.1, 0.15) is 16.0 Å². The molecule has 6 heteroatoms. The number of aromatic nitrogens is 2. The highest BCUT2D eigenvalue weighted by Crippen LogP contribution is 2.32. The maximum atomic E-state index is 11.2. The summed E-state index contributed by atoms with van der Waals surface area (Å²) in [6.07, 6.45) is 2.86. The van der Waals surface area contributed by atoms with Gasteiger partial charge in [-0.3, -0.25) is 0 Å². The SMILES string of the molecule is CCCn1cc(C#N)c2cc(-c3nc(C)c(C(=O)O)s3)ccc21. The topological polar surface area (TPSA) is 78.9 Å². The van der Waals surface area contributed by atoms with E-state index in [1.807, 2.05) is 24.4 Å². The molecule has 0 saturated heterocycles. The Hall–Kier alpha value is -2.65. The molecule has 3 aromatic rings. The van der Waals surface area contributed by atoms with Crippen LogP contribution in [0.2, 0.25) is 0 Å². The van der Waals surface area contributed by atoms with Crippen LogP contribution >= 0.6 is 11.3 Å². The molecule has 0 aliphatic rings. The molecule has 0 saturated carbocycles. The lowest BCUT2D eigenvalue weighted by molar-refractivity contribution is 0.0701. The fourth-order valence-corrected chi connectivity index (χ4v) is 3.56. The van der Waals surface area contributed by atoms with Crippen LogP contribution in [0.3, 0.4) is 0 Å². The van der Waals surface area contributed by atoms with Gasteiger partial charge in [-0.25, -0.2) is 9.78 Å². The quantitative estimate of drug-likeness (QED) is 0.784. The van der Waals surface area contributed by atoms with Gasteiger partial charge in [0, 0.05) is 29.2 Å². The predicted octanol–water partition coefficient (Wildman–Crippen LogP) is 4.05. The number of nitriles is 1. The number of nitrogens with zero attached hydrogens (tertiary/aromatic N) is 3. The van der Waals surface area contributed by atoms with E-state index < -0.39 is 5.97 Å². The summed E-state index contributed by atoms with van der Waals surface area (Å²) in [5.41, 5.74) is 2.99. The van der Waals surface area contributed by atoms with E-state index in [1.54, 1.807) is 6.92 Å². The molecular formula is C17H15N3O2S. The number of hydrogen-bond donors (Lipinski definition) is 1. The average Bonchev–Trinajstić information content (AvgIpc) is 3.08. The van der Waals surface area contributed by atoms with Crippen molar-refractivity contribution in [2.75, 3.05) is 0 Å². The summed E-state index contributed by atoms with van der Waals surface area (Å²) in [5.74, 6) is -0.959. The van der Waals surface area contributed by atoms with Crippen molar-refractivity contribution in [2.45, 2.75) is 26.8 Å². The lowest BCUT2D eigenvalue weighted by Gasteiger charge is -2.03. The minimum Gasteiger partial charge on any atom is -0.477 e. The molecule has 1 aromatic carbocycles. The van der Waals surface area contributed by atoms with Gasteiger partial charge in [0.15, 0.2) is 0 Å². The number of carboxylic acid groups (broad SMARTS) is 1. The number of rotatable bonds is 4. The third kappa shape index (κ3) is 2.60. The highest BCUT2D eigenvalue weighted by molar-refractivity contribution is 7.17. The molecule has 0 bridgehead atoms. The molecule has 0 spiro atoms.